The zero-order chi connectivity index (χ0) is 17.2. The number of hydrogen-bond donors (Lipinski definition) is 1. The molecule has 130 valence electrons. The predicted molar refractivity (Wildman–Crippen MR) is 96.2 cm³/mol. The van der Waals surface area contributed by atoms with Gasteiger partial charge in [0.15, 0.2) is 0 Å². The number of benzene rings is 1. The molecule has 2 aliphatic rings. The summed E-state index contributed by atoms with van der Waals surface area (Å²) in [5, 5.41) is 9.36. The van der Waals surface area contributed by atoms with Crippen LogP contribution in [0.4, 0.5) is 0 Å². The van der Waals surface area contributed by atoms with E-state index in [2.05, 4.69) is 40.2 Å². The molecular weight excluding hydrogens is 312 g/mol. The van der Waals surface area contributed by atoms with Crippen molar-refractivity contribution in [2.75, 3.05) is 6.54 Å². The van der Waals surface area contributed by atoms with Crippen molar-refractivity contribution in [1.82, 2.24) is 9.88 Å². The summed E-state index contributed by atoms with van der Waals surface area (Å²) in [6, 6.07) is 14.3. The van der Waals surface area contributed by atoms with Crippen molar-refractivity contribution in [2.45, 2.75) is 44.1 Å². The van der Waals surface area contributed by atoms with E-state index in [1.54, 1.807) is 12.1 Å². The molecule has 2 aromatic rings. The zero-order valence-electron chi connectivity index (χ0n) is 14.3. The Kier molecular flexibility index (Phi) is 4.43. The molecule has 1 aliphatic heterocycles. The van der Waals surface area contributed by atoms with Gasteiger partial charge in [0.1, 0.15) is 5.75 Å². The van der Waals surface area contributed by atoms with Gasteiger partial charge in [-0.15, -0.1) is 0 Å². The number of nitrogens with zero attached hydrogens (tertiary/aromatic N) is 2. The first-order chi connectivity index (χ1) is 12.2. The van der Waals surface area contributed by atoms with Gasteiger partial charge in [-0.05, 0) is 36.5 Å². The second-order valence-corrected chi connectivity index (χ2v) is 7.26. The average molecular weight is 336 g/mol. The van der Waals surface area contributed by atoms with Crippen molar-refractivity contribution < 1.29 is 9.90 Å². The second kappa shape index (κ2) is 6.87. The summed E-state index contributed by atoms with van der Waals surface area (Å²) in [5.74, 6) is 1.32. The lowest BCUT2D eigenvalue weighted by Crippen LogP contribution is -2.40. The largest absolute Gasteiger partial charge is 0.506 e. The summed E-state index contributed by atoms with van der Waals surface area (Å²) in [7, 11) is 0. The van der Waals surface area contributed by atoms with E-state index < -0.39 is 0 Å². The Morgan fingerprint density at radius 2 is 1.92 bits per heavy atom. The van der Waals surface area contributed by atoms with E-state index in [0.29, 0.717) is 24.3 Å². The SMILES string of the molecule is O=C(Cc1ccc(O)cn1)N1CC(c2ccccc2)C2CCCCC21. The Morgan fingerprint density at radius 3 is 2.68 bits per heavy atom. The van der Waals surface area contributed by atoms with Gasteiger partial charge in [0.05, 0.1) is 12.6 Å². The molecule has 4 rings (SSSR count). The van der Waals surface area contributed by atoms with E-state index >= 15 is 0 Å². The number of fused-ring (bicyclic) bond motifs is 1. The highest BCUT2D eigenvalue weighted by atomic mass is 16.3. The van der Waals surface area contributed by atoms with Gasteiger partial charge in [-0.25, -0.2) is 0 Å². The first-order valence-corrected chi connectivity index (χ1v) is 9.20. The number of carbonyl (C=O) groups excluding carboxylic acids is 1. The second-order valence-electron chi connectivity index (χ2n) is 7.26. The molecule has 4 nitrogen and oxygen atoms in total. The van der Waals surface area contributed by atoms with Gasteiger partial charge >= 0.3 is 0 Å². The van der Waals surface area contributed by atoms with E-state index in [0.717, 1.165) is 18.7 Å². The number of aromatic nitrogens is 1. The molecule has 1 saturated carbocycles. The molecule has 0 bridgehead atoms. The topological polar surface area (TPSA) is 53.4 Å². The Hall–Kier alpha value is -2.36. The zero-order valence-corrected chi connectivity index (χ0v) is 14.3. The number of pyridine rings is 1. The molecule has 1 aromatic heterocycles. The molecule has 3 atom stereocenters. The average Bonchev–Trinajstić information content (AvgIpc) is 3.04. The van der Waals surface area contributed by atoms with Crippen LogP contribution >= 0.6 is 0 Å². The molecule has 25 heavy (non-hydrogen) atoms. The van der Waals surface area contributed by atoms with Crippen LogP contribution in [0.2, 0.25) is 0 Å². The van der Waals surface area contributed by atoms with Crippen LogP contribution in [0.25, 0.3) is 0 Å². The molecule has 2 heterocycles. The number of rotatable bonds is 3. The van der Waals surface area contributed by atoms with E-state index in [4.69, 9.17) is 0 Å². The molecular formula is C21H24N2O2. The molecule has 1 saturated heterocycles. The summed E-state index contributed by atoms with van der Waals surface area (Å²) < 4.78 is 0. The molecule has 1 aliphatic carbocycles. The van der Waals surface area contributed by atoms with Gasteiger partial charge in [0.2, 0.25) is 5.91 Å². The van der Waals surface area contributed by atoms with Crippen molar-refractivity contribution >= 4 is 5.91 Å². The number of amides is 1. The van der Waals surface area contributed by atoms with Crippen LogP contribution in [-0.2, 0) is 11.2 Å². The minimum atomic E-state index is 0.133. The molecule has 3 unspecified atom stereocenters. The maximum Gasteiger partial charge on any atom is 0.228 e. The number of hydrogen-bond acceptors (Lipinski definition) is 3. The van der Waals surface area contributed by atoms with Gasteiger partial charge in [-0.1, -0.05) is 43.2 Å². The smallest absolute Gasteiger partial charge is 0.228 e. The third-order valence-corrected chi connectivity index (χ3v) is 5.78. The minimum Gasteiger partial charge on any atom is -0.506 e. The fraction of sp³-hybridized carbons (Fsp3) is 0.429. The highest BCUT2D eigenvalue weighted by Gasteiger charge is 2.44. The Morgan fingerprint density at radius 1 is 1.12 bits per heavy atom. The minimum absolute atomic E-state index is 0.133. The number of likely N-dealkylation sites (tertiary alicyclic amines) is 1. The Balaban J connectivity index is 1.54. The van der Waals surface area contributed by atoms with Gasteiger partial charge in [0, 0.05) is 24.2 Å². The summed E-state index contributed by atoms with van der Waals surface area (Å²) in [6.45, 7) is 0.816. The van der Waals surface area contributed by atoms with Crippen LogP contribution in [0.15, 0.2) is 48.7 Å². The van der Waals surface area contributed by atoms with E-state index in [1.807, 2.05) is 0 Å². The summed E-state index contributed by atoms with van der Waals surface area (Å²) >= 11 is 0. The molecule has 0 radical (unpaired) electrons. The van der Waals surface area contributed by atoms with Gasteiger partial charge in [-0.3, -0.25) is 9.78 Å². The molecule has 1 aromatic carbocycles. The molecule has 2 fully saturated rings. The third-order valence-electron chi connectivity index (χ3n) is 5.78. The molecule has 0 spiro atoms. The normalized spacial score (nSPS) is 25.6. The quantitative estimate of drug-likeness (QED) is 0.933. The lowest BCUT2D eigenvalue weighted by Gasteiger charge is -2.32. The summed E-state index contributed by atoms with van der Waals surface area (Å²) in [5.41, 5.74) is 2.08. The summed E-state index contributed by atoms with van der Waals surface area (Å²) in [4.78, 5) is 19.2. The maximum absolute atomic E-state index is 13.0. The van der Waals surface area contributed by atoms with Crippen molar-refractivity contribution in [2.24, 2.45) is 5.92 Å². The number of carbonyl (C=O) groups is 1. The molecule has 1 N–H and O–H groups in total. The van der Waals surface area contributed by atoms with Gasteiger partial charge in [-0.2, -0.15) is 0 Å². The monoisotopic (exact) mass is 336 g/mol. The lowest BCUT2D eigenvalue weighted by molar-refractivity contribution is -0.132. The van der Waals surface area contributed by atoms with Crippen LogP contribution < -0.4 is 0 Å². The first kappa shape index (κ1) is 16.1. The fourth-order valence-electron chi connectivity index (χ4n) is 4.60. The van der Waals surface area contributed by atoms with Crippen LogP contribution in [0.1, 0.15) is 42.9 Å². The molecule has 4 heteroatoms. The van der Waals surface area contributed by atoms with Crippen molar-refractivity contribution in [3.8, 4) is 5.75 Å². The molecule has 1 amide bonds. The van der Waals surface area contributed by atoms with Crippen molar-refractivity contribution in [3.63, 3.8) is 0 Å². The summed E-state index contributed by atoms with van der Waals surface area (Å²) in [6.07, 6.45) is 6.53. The standard InChI is InChI=1S/C21H24N2O2/c24-17-11-10-16(22-13-17)12-21(25)23-14-19(15-6-2-1-3-7-15)18-8-4-5-9-20(18)23/h1-3,6-7,10-11,13,18-20,24H,4-5,8-9,12,14H2. The van der Waals surface area contributed by atoms with Gasteiger partial charge < -0.3 is 10.0 Å². The first-order valence-electron chi connectivity index (χ1n) is 9.20. The Labute approximate surface area is 148 Å². The van der Waals surface area contributed by atoms with Crippen LogP contribution in [-0.4, -0.2) is 33.5 Å². The fourth-order valence-corrected chi connectivity index (χ4v) is 4.60. The predicted octanol–water partition coefficient (Wildman–Crippen LogP) is 3.51. The van der Waals surface area contributed by atoms with Crippen molar-refractivity contribution in [1.29, 1.82) is 0 Å². The highest BCUT2D eigenvalue weighted by Crippen LogP contribution is 2.44. The number of aromatic hydroxyl groups is 1. The van der Waals surface area contributed by atoms with E-state index in [9.17, 15) is 9.90 Å². The third kappa shape index (κ3) is 3.26. The van der Waals surface area contributed by atoms with Crippen LogP contribution in [0.3, 0.4) is 0 Å². The van der Waals surface area contributed by atoms with Crippen molar-refractivity contribution in [3.05, 3.63) is 59.9 Å². The van der Waals surface area contributed by atoms with Crippen LogP contribution in [0.5, 0.6) is 5.75 Å². The van der Waals surface area contributed by atoms with Crippen LogP contribution in [0, 0.1) is 5.92 Å². The Bertz CT molecular complexity index is 729. The van der Waals surface area contributed by atoms with E-state index in [1.165, 1.54) is 31.0 Å². The maximum atomic E-state index is 13.0. The lowest BCUT2D eigenvalue weighted by atomic mass is 9.77. The van der Waals surface area contributed by atoms with Gasteiger partial charge in [0.25, 0.3) is 0 Å². The van der Waals surface area contributed by atoms with E-state index in [-0.39, 0.29) is 11.7 Å². The highest BCUT2D eigenvalue weighted by molar-refractivity contribution is 5.79.